The lowest BCUT2D eigenvalue weighted by Crippen LogP contribution is -2.40. The van der Waals surface area contributed by atoms with Gasteiger partial charge in [-0.1, -0.05) is 5.16 Å². The summed E-state index contributed by atoms with van der Waals surface area (Å²) >= 11 is 0. The molecule has 0 spiro atoms. The molecule has 1 amide bonds. The molecule has 0 aromatic heterocycles. The van der Waals surface area contributed by atoms with Gasteiger partial charge in [-0.3, -0.25) is 4.84 Å². The van der Waals surface area contributed by atoms with Gasteiger partial charge in [-0.15, -0.1) is 0 Å². The first-order valence-corrected chi connectivity index (χ1v) is 5.68. The third kappa shape index (κ3) is 3.99. The molecule has 19 heavy (non-hydrogen) atoms. The van der Waals surface area contributed by atoms with E-state index in [2.05, 4.69) is 9.99 Å². The maximum atomic E-state index is 12.9. The smallest absolute Gasteiger partial charge is 0.378 e. The van der Waals surface area contributed by atoms with Crippen molar-refractivity contribution in [3.05, 3.63) is 35.4 Å². The first-order valence-electron chi connectivity index (χ1n) is 5.68. The molecule has 7 heteroatoms. The Hall–Kier alpha value is -2.02. The van der Waals surface area contributed by atoms with Gasteiger partial charge in [0, 0.05) is 24.7 Å². The Kier molecular flexibility index (Phi) is 4.40. The second-order valence-corrected chi connectivity index (χ2v) is 3.89. The first-order chi connectivity index (χ1) is 9.15. The molecule has 0 radical (unpaired) electrons. The molecule has 1 saturated heterocycles. The highest BCUT2D eigenvalue weighted by Gasteiger charge is 2.17. The van der Waals surface area contributed by atoms with Gasteiger partial charge in [-0.25, -0.2) is 13.6 Å². The largest absolute Gasteiger partial charge is 0.436 e. The summed E-state index contributed by atoms with van der Waals surface area (Å²) in [5.74, 6) is -1.44. The molecule has 0 N–H and O–H groups in total. The fourth-order valence-electron chi connectivity index (χ4n) is 1.59. The zero-order valence-electron chi connectivity index (χ0n) is 10.0. The SMILES string of the molecule is O=C(O/N=C/c1cc(F)cc(F)c1)N1CCOCC1. The van der Waals surface area contributed by atoms with E-state index in [1.807, 2.05) is 0 Å². The van der Waals surface area contributed by atoms with Crippen molar-refractivity contribution < 1.29 is 23.1 Å². The molecule has 0 atom stereocenters. The van der Waals surface area contributed by atoms with Gasteiger partial charge in [0.05, 0.1) is 19.4 Å². The highest BCUT2D eigenvalue weighted by atomic mass is 19.1. The standard InChI is InChI=1S/C12H12F2N2O3/c13-10-5-9(6-11(14)7-10)8-15-19-12(17)16-1-3-18-4-2-16/h5-8H,1-4H2/b15-8+. The zero-order valence-corrected chi connectivity index (χ0v) is 10.0. The Labute approximate surface area is 108 Å². The summed E-state index contributed by atoms with van der Waals surface area (Å²) < 4.78 is 30.8. The summed E-state index contributed by atoms with van der Waals surface area (Å²) in [4.78, 5) is 17.6. The average Bonchev–Trinajstić information content (AvgIpc) is 2.38. The zero-order chi connectivity index (χ0) is 13.7. The summed E-state index contributed by atoms with van der Waals surface area (Å²) in [7, 11) is 0. The number of halogens is 2. The topological polar surface area (TPSA) is 51.1 Å². The lowest BCUT2D eigenvalue weighted by atomic mass is 10.2. The van der Waals surface area contributed by atoms with Crippen molar-refractivity contribution in [3.8, 4) is 0 Å². The molecule has 1 aliphatic rings. The van der Waals surface area contributed by atoms with Gasteiger partial charge in [0.1, 0.15) is 11.6 Å². The lowest BCUT2D eigenvalue weighted by molar-refractivity contribution is 0.0281. The summed E-state index contributed by atoms with van der Waals surface area (Å²) in [6.07, 6.45) is 0.459. The number of hydrogen-bond acceptors (Lipinski definition) is 4. The Morgan fingerprint density at radius 3 is 2.53 bits per heavy atom. The van der Waals surface area contributed by atoms with Crippen LogP contribution in [0.2, 0.25) is 0 Å². The number of carbonyl (C=O) groups excluding carboxylic acids is 1. The fourth-order valence-corrected chi connectivity index (χ4v) is 1.59. The van der Waals surface area contributed by atoms with Crippen LogP contribution in [0.25, 0.3) is 0 Å². The van der Waals surface area contributed by atoms with Crippen molar-refractivity contribution in [2.24, 2.45) is 5.16 Å². The van der Waals surface area contributed by atoms with Crippen LogP contribution in [0.15, 0.2) is 23.4 Å². The number of carbonyl (C=O) groups is 1. The molecular weight excluding hydrogens is 258 g/mol. The first kappa shape index (κ1) is 13.4. The molecular formula is C12H12F2N2O3. The molecule has 0 aliphatic carbocycles. The van der Waals surface area contributed by atoms with Crippen LogP contribution in [0.5, 0.6) is 0 Å². The van der Waals surface area contributed by atoms with Gasteiger partial charge in [0.2, 0.25) is 0 Å². The second kappa shape index (κ2) is 6.24. The van der Waals surface area contributed by atoms with Crippen molar-refractivity contribution in [2.45, 2.75) is 0 Å². The van der Waals surface area contributed by atoms with Crippen LogP contribution in [0.3, 0.4) is 0 Å². The predicted octanol–water partition coefficient (Wildman–Crippen LogP) is 1.77. The van der Waals surface area contributed by atoms with E-state index in [1.54, 1.807) is 0 Å². The third-order valence-corrected chi connectivity index (χ3v) is 2.49. The van der Waals surface area contributed by atoms with E-state index < -0.39 is 17.7 Å². The minimum Gasteiger partial charge on any atom is -0.378 e. The van der Waals surface area contributed by atoms with Crippen molar-refractivity contribution in [1.29, 1.82) is 0 Å². The van der Waals surface area contributed by atoms with Gasteiger partial charge in [0.25, 0.3) is 0 Å². The molecule has 2 rings (SSSR count). The molecule has 1 aliphatic heterocycles. The van der Waals surface area contributed by atoms with Crippen molar-refractivity contribution in [2.75, 3.05) is 26.3 Å². The van der Waals surface area contributed by atoms with E-state index in [0.29, 0.717) is 26.3 Å². The number of hydrogen-bond donors (Lipinski definition) is 0. The maximum absolute atomic E-state index is 12.9. The van der Waals surface area contributed by atoms with E-state index in [4.69, 9.17) is 4.74 Å². The minimum atomic E-state index is -0.721. The van der Waals surface area contributed by atoms with E-state index in [1.165, 1.54) is 4.90 Å². The highest BCUT2D eigenvalue weighted by molar-refractivity contribution is 5.80. The third-order valence-electron chi connectivity index (χ3n) is 2.49. The minimum absolute atomic E-state index is 0.173. The van der Waals surface area contributed by atoms with Crippen LogP contribution in [0, 0.1) is 11.6 Å². The van der Waals surface area contributed by atoms with Crippen molar-refractivity contribution in [3.63, 3.8) is 0 Å². The van der Waals surface area contributed by atoms with Gasteiger partial charge in [0.15, 0.2) is 0 Å². The van der Waals surface area contributed by atoms with Crippen LogP contribution < -0.4 is 0 Å². The van der Waals surface area contributed by atoms with Crippen LogP contribution in [0.4, 0.5) is 13.6 Å². The number of rotatable bonds is 2. The number of benzene rings is 1. The van der Waals surface area contributed by atoms with Crippen LogP contribution >= 0.6 is 0 Å². The molecule has 0 saturated carbocycles. The van der Waals surface area contributed by atoms with Crippen LogP contribution in [0.1, 0.15) is 5.56 Å². The number of ether oxygens (including phenoxy) is 1. The highest BCUT2D eigenvalue weighted by Crippen LogP contribution is 2.06. The summed E-state index contributed by atoms with van der Waals surface area (Å²) in [5, 5.41) is 3.41. The normalized spacial score (nSPS) is 15.8. The van der Waals surface area contributed by atoms with E-state index in [-0.39, 0.29) is 5.56 Å². The van der Waals surface area contributed by atoms with Crippen molar-refractivity contribution in [1.82, 2.24) is 4.90 Å². The Balaban J connectivity index is 1.90. The summed E-state index contributed by atoms with van der Waals surface area (Å²) in [6, 6.07) is 2.90. The molecule has 1 aromatic carbocycles. The monoisotopic (exact) mass is 270 g/mol. The Morgan fingerprint density at radius 1 is 1.26 bits per heavy atom. The Bertz CT molecular complexity index is 468. The summed E-state index contributed by atoms with van der Waals surface area (Å²) in [6.45, 7) is 1.77. The van der Waals surface area contributed by atoms with Crippen LogP contribution in [-0.4, -0.2) is 43.5 Å². The average molecular weight is 270 g/mol. The molecule has 5 nitrogen and oxygen atoms in total. The Morgan fingerprint density at radius 2 is 1.89 bits per heavy atom. The fraction of sp³-hybridized carbons (Fsp3) is 0.333. The van der Waals surface area contributed by atoms with Crippen LogP contribution in [-0.2, 0) is 9.57 Å². The molecule has 1 heterocycles. The maximum Gasteiger partial charge on any atom is 0.436 e. The number of oxime groups is 1. The lowest BCUT2D eigenvalue weighted by Gasteiger charge is -2.24. The van der Waals surface area contributed by atoms with Gasteiger partial charge in [-0.2, -0.15) is 0 Å². The van der Waals surface area contributed by atoms with Gasteiger partial charge in [-0.05, 0) is 12.1 Å². The van der Waals surface area contributed by atoms with Crippen molar-refractivity contribution >= 4 is 12.3 Å². The van der Waals surface area contributed by atoms with Gasteiger partial charge < -0.3 is 9.64 Å². The number of morpholine rings is 1. The quantitative estimate of drug-likeness (QED) is 0.467. The molecule has 102 valence electrons. The summed E-state index contributed by atoms with van der Waals surface area (Å²) in [5.41, 5.74) is 0.173. The van der Waals surface area contributed by atoms with E-state index >= 15 is 0 Å². The van der Waals surface area contributed by atoms with E-state index in [0.717, 1.165) is 24.4 Å². The molecule has 1 aromatic rings. The van der Waals surface area contributed by atoms with E-state index in [9.17, 15) is 13.6 Å². The predicted molar refractivity (Wildman–Crippen MR) is 62.8 cm³/mol. The molecule has 0 bridgehead atoms. The molecule has 1 fully saturated rings. The molecule has 0 unspecified atom stereocenters. The number of nitrogens with zero attached hydrogens (tertiary/aromatic N) is 2. The van der Waals surface area contributed by atoms with Gasteiger partial charge >= 0.3 is 6.09 Å². The number of amides is 1. The second-order valence-electron chi connectivity index (χ2n) is 3.89.